The van der Waals surface area contributed by atoms with E-state index in [1.807, 2.05) is 0 Å². The predicted molar refractivity (Wildman–Crippen MR) is 75.7 cm³/mol. The van der Waals surface area contributed by atoms with Crippen molar-refractivity contribution in [1.82, 2.24) is 15.0 Å². The molecule has 2 aromatic heterocycles. The highest BCUT2D eigenvalue weighted by Crippen LogP contribution is 2.22. The van der Waals surface area contributed by atoms with Gasteiger partial charge < -0.3 is 5.32 Å². The predicted octanol–water partition coefficient (Wildman–Crippen LogP) is 3.42. The first-order valence-electron chi connectivity index (χ1n) is 7.03. The number of anilines is 1. The lowest BCUT2D eigenvalue weighted by Crippen LogP contribution is -2.23. The number of pyridine rings is 1. The van der Waals surface area contributed by atoms with Crippen LogP contribution in [0.4, 0.5) is 10.3 Å². The van der Waals surface area contributed by atoms with Crippen LogP contribution in [0.5, 0.6) is 0 Å². The largest absolute Gasteiger partial charge is 0.351 e. The summed E-state index contributed by atoms with van der Waals surface area (Å²) in [6.07, 6.45) is 9.17. The molecule has 5 heteroatoms. The highest BCUT2D eigenvalue weighted by Gasteiger charge is 2.15. The van der Waals surface area contributed by atoms with Crippen LogP contribution < -0.4 is 5.32 Å². The molecule has 0 aromatic carbocycles. The van der Waals surface area contributed by atoms with Gasteiger partial charge in [-0.25, -0.2) is 15.0 Å². The molecule has 0 spiro atoms. The minimum atomic E-state index is -0.505. The van der Waals surface area contributed by atoms with E-state index in [1.54, 1.807) is 24.4 Å². The van der Waals surface area contributed by atoms with Gasteiger partial charge in [0.1, 0.15) is 0 Å². The van der Waals surface area contributed by atoms with E-state index in [2.05, 4.69) is 20.3 Å². The molecule has 1 aliphatic carbocycles. The number of nitrogens with zero attached hydrogens (tertiary/aromatic N) is 3. The van der Waals surface area contributed by atoms with Gasteiger partial charge in [-0.3, -0.25) is 0 Å². The van der Waals surface area contributed by atoms with E-state index in [9.17, 15) is 4.39 Å². The number of aromatic nitrogens is 3. The fraction of sp³-hybridized carbons (Fsp3) is 0.400. The van der Waals surface area contributed by atoms with Crippen LogP contribution in [-0.2, 0) is 0 Å². The van der Waals surface area contributed by atoms with Crippen LogP contribution in [0.3, 0.4) is 0 Å². The third kappa shape index (κ3) is 2.92. The Morgan fingerprint density at radius 3 is 2.70 bits per heavy atom. The second-order valence-corrected chi connectivity index (χ2v) is 5.09. The van der Waals surface area contributed by atoms with Crippen molar-refractivity contribution >= 4 is 5.95 Å². The van der Waals surface area contributed by atoms with Crippen molar-refractivity contribution in [3.63, 3.8) is 0 Å². The molecule has 0 unspecified atom stereocenters. The van der Waals surface area contributed by atoms with E-state index in [-0.39, 0.29) is 0 Å². The quantitative estimate of drug-likeness (QED) is 0.870. The highest BCUT2D eigenvalue weighted by atomic mass is 19.1. The lowest BCUT2D eigenvalue weighted by molar-refractivity contribution is 0.461. The van der Waals surface area contributed by atoms with E-state index in [0.29, 0.717) is 23.2 Å². The molecule has 20 heavy (non-hydrogen) atoms. The summed E-state index contributed by atoms with van der Waals surface area (Å²) >= 11 is 0. The van der Waals surface area contributed by atoms with Gasteiger partial charge in [0, 0.05) is 18.4 Å². The minimum Gasteiger partial charge on any atom is -0.351 e. The molecule has 2 aromatic rings. The average Bonchev–Trinajstić information content (AvgIpc) is 2.49. The normalized spacial score (nSPS) is 16.1. The average molecular weight is 272 g/mol. The van der Waals surface area contributed by atoms with Gasteiger partial charge in [-0.15, -0.1) is 0 Å². The van der Waals surface area contributed by atoms with Crippen molar-refractivity contribution in [3.8, 4) is 11.3 Å². The minimum absolute atomic E-state index is 0.404. The summed E-state index contributed by atoms with van der Waals surface area (Å²) in [6, 6.07) is 5.51. The molecule has 1 N–H and O–H groups in total. The highest BCUT2D eigenvalue weighted by molar-refractivity contribution is 5.59. The van der Waals surface area contributed by atoms with Gasteiger partial charge >= 0.3 is 0 Å². The number of hydrogen-bond donors (Lipinski definition) is 1. The summed E-state index contributed by atoms with van der Waals surface area (Å²) in [5, 5.41) is 3.35. The van der Waals surface area contributed by atoms with Gasteiger partial charge in [0.2, 0.25) is 11.9 Å². The molecule has 2 heterocycles. The molecule has 104 valence electrons. The zero-order valence-corrected chi connectivity index (χ0v) is 11.2. The summed E-state index contributed by atoms with van der Waals surface area (Å²) in [4.78, 5) is 12.3. The van der Waals surface area contributed by atoms with Crippen molar-refractivity contribution in [1.29, 1.82) is 0 Å². The smallest absolute Gasteiger partial charge is 0.223 e. The Balaban J connectivity index is 1.80. The number of halogens is 1. The standard InChI is InChI=1S/C15H17FN4/c16-14-12(7-4-9-17-14)13-8-10-18-15(20-13)19-11-5-2-1-3-6-11/h4,7-11H,1-3,5-6H2,(H,18,19,20). The van der Waals surface area contributed by atoms with E-state index in [1.165, 1.54) is 25.5 Å². The summed E-state index contributed by atoms with van der Waals surface area (Å²) in [5.41, 5.74) is 0.963. The van der Waals surface area contributed by atoms with Gasteiger partial charge in [-0.05, 0) is 31.0 Å². The zero-order valence-electron chi connectivity index (χ0n) is 11.2. The lowest BCUT2D eigenvalue weighted by atomic mass is 9.96. The van der Waals surface area contributed by atoms with Crippen molar-refractivity contribution in [2.45, 2.75) is 38.1 Å². The monoisotopic (exact) mass is 272 g/mol. The Labute approximate surface area is 117 Å². The van der Waals surface area contributed by atoms with Crippen LogP contribution in [0.2, 0.25) is 0 Å². The van der Waals surface area contributed by atoms with Crippen molar-refractivity contribution in [3.05, 3.63) is 36.5 Å². The number of nitrogens with one attached hydrogen (secondary N) is 1. The Morgan fingerprint density at radius 1 is 1.05 bits per heavy atom. The first-order valence-corrected chi connectivity index (χ1v) is 7.03. The van der Waals surface area contributed by atoms with Crippen LogP contribution in [0, 0.1) is 5.95 Å². The Hall–Kier alpha value is -2.04. The summed E-state index contributed by atoms with van der Waals surface area (Å²) in [5.74, 6) is 0.0625. The van der Waals surface area contributed by atoms with Crippen molar-refractivity contribution in [2.75, 3.05) is 5.32 Å². The Kier molecular flexibility index (Phi) is 3.85. The fourth-order valence-corrected chi connectivity index (χ4v) is 2.58. The van der Waals surface area contributed by atoms with E-state index in [4.69, 9.17) is 0 Å². The Morgan fingerprint density at radius 2 is 1.90 bits per heavy atom. The molecule has 1 aliphatic rings. The maximum Gasteiger partial charge on any atom is 0.223 e. The van der Waals surface area contributed by atoms with E-state index < -0.39 is 5.95 Å². The van der Waals surface area contributed by atoms with Gasteiger partial charge in [0.15, 0.2) is 0 Å². The van der Waals surface area contributed by atoms with Gasteiger partial charge in [0.25, 0.3) is 0 Å². The van der Waals surface area contributed by atoms with Crippen LogP contribution in [0.25, 0.3) is 11.3 Å². The zero-order chi connectivity index (χ0) is 13.8. The van der Waals surface area contributed by atoms with Crippen molar-refractivity contribution in [2.24, 2.45) is 0 Å². The molecule has 0 amide bonds. The number of hydrogen-bond acceptors (Lipinski definition) is 4. The molecule has 4 nitrogen and oxygen atoms in total. The van der Waals surface area contributed by atoms with Gasteiger partial charge in [0.05, 0.1) is 11.3 Å². The summed E-state index contributed by atoms with van der Waals surface area (Å²) < 4.78 is 13.7. The van der Waals surface area contributed by atoms with Crippen LogP contribution >= 0.6 is 0 Å². The molecule has 0 saturated heterocycles. The Bertz CT molecular complexity index is 582. The second-order valence-electron chi connectivity index (χ2n) is 5.09. The van der Waals surface area contributed by atoms with Crippen molar-refractivity contribution < 1.29 is 4.39 Å². The SMILES string of the molecule is Fc1ncccc1-c1ccnc(NC2CCCCC2)n1. The van der Waals surface area contributed by atoms with E-state index >= 15 is 0 Å². The topological polar surface area (TPSA) is 50.7 Å². The van der Waals surface area contributed by atoms with Crippen LogP contribution in [-0.4, -0.2) is 21.0 Å². The van der Waals surface area contributed by atoms with E-state index in [0.717, 1.165) is 12.8 Å². The molecule has 0 aliphatic heterocycles. The molecule has 1 saturated carbocycles. The summed E-state index contributed by atoms with van der Waals surface area (Å²) in [7, 11) is 0. The molecular formula is C15H17FN4. The maximum absolute atomic E-state index is 13.7. The molecule has 3 rings (SSSR count). The van der Waals surface area contributed by atoms with Gasteiger partial charge in [-0.2, -0.15) is 4.39 Å². The first-order chi connectivity index (χ1) is 9.83. The molecular weight excluding hydrogens is 255 g/mol. The molecule has 0 radical (unpaired) electrons. The summed E-state index contributed by atoms with van der Waals surface area (Å²) in [6.45, 7) is 0. The van der Waals surface area contributed by atoms with Gasteiger partial charge in [-0.1, -0.05) is 19.3 Å². The molecule has 0 bridgehead atoms. The molecule has 0 atom stereocenters. The van der Waals surface area contributed by atoms with Crippen LogP contribution in [0.1, 0.15) is 32.1 Å². The maximum atomic E-state index is 13.7. The first kappa shape index (κ1) is 13.0. The second kappa shape index (κ2) is 5.94. The number of rotatable bonds is 3. The third-order valence-corrected chi connectivity index (χ3v) is 3.63. The fourth-order valence-electron chi connectivity index (χ4n) is 2.58. The lowest BCUT2D eigenvalue weighted by Gasteiger charge is -2.22. The van der Waals surface area contributed by atoms with Crippen LogP contribution in [0.15, 0.2) is 30.6 Å². The molecule has 1 fully saturated rings. The third-order valence-electron chi connectivity index (χ3n) is 3.63.